The molecule has 2 aromatic carbocycles. The molecule has 0 aliphatic carbocycles. The first kappa shape index (κ1) is 26.0. The predicted octanol–water partition coefficient (Wildman–Crippen LogP) is 4.50. The molecule has 2 amide bonds. The van der Waals surface area contributed by atoms with Gasteiger partial charge in [0.1, 0.15) is 6.04 Å². The monoisotopic (exact) mass is 486 g/mol. The van der Waals surface area contributed by atoms with Crippen LogP contribution in [0.3, 0.4) is 0 Å². The fourth-order valence-electron chi connectivity index (χ4n) is 2.97. The number of carbonyl (C=O) groups excluding carboxylic acids is 2. The van der Waals surface area contributed by atoms with E-state index in [9.17, 15) is 49.1 Å². The Hall–Kier alpha value is -3.25. The van der Waals surface area contributed by atoms with Crippen molar-refractivity contribution in [2.75, 3.05) is 0 Å². The van der Waals surface area contributed by atoms with Gasteiger partial charge in [0.2, 0.25) is 11.8 Å². The van der Waals surface area contributed by atoms with Gasteiger partial charge in [0.05, 0.1) is 23.1 Å². The third-order valence-electron chi connectivity index (χ3n) is 4.44. The number of hydrogen-bond acceptors (Lipinski definition) is 2. The second-order valence-electron chi connectivity index (χ2n) is 6.97. The molecule has 180 valence electrons. The summed E-state index contributed by atoms with van der Waals surface area (Å²) in [6.07, 6.45) is -16.8. The van der Waals surface area contributed by atoms with Crippen LogP contribution in [-0.4, -0.2) is 17.9 Å². The summed E-state index contributed by atoms with van der Waals surface area (Å²) in [5.74, 6) is -2.46. The SMILES string of the molecule is NC(=O)[C@@H](Cc1ccccc1C(F)(F)F)NC(=O)Cc1cc(C(F)(F)F)cc(C(F)(F)F)c1. The van der Waals surface area contributed by atoms with Crippen molar-refractivity contribution in [1.29, 1.82) is 0 Å². The zero-order valence-electron chi connectivity index (χ0n) is 16.3. The minimum Gasteiger partial charge on any atom is -0.368 e. The molecule has 0 saturated carbocycles. The van der Waals surface area contributed by atoms with E-state index in [1.54, 1.807) is 0 Å². The molecule has 2 rings (SSSR count). The Kier molecular flexibility index (Phi) is 7.34. The number of nitrogens with two attached hydrogens (primary N) is 1. The first-order valence-corrected chi connectivity index (χ1v) is 9.00. The Bertz CT molecular complexity index is 995. The van der Waals surface area contributed by atoms with Gasteiger partial charge in [-0.25, -0.2) is 0 Å². The quantitative estimate of drug-likeness (QED) is 0.591. The van der Waals surface area contributed by atoms with E-state index in [0.717, 1.165) is 18.2 Å². The van der Waals surface area contributed by atoms with Crippen molar-refractivity contribution < 1.29 is 49.1 Å². The van der Waals surface area contributed by atoms with Gasteiger partial charge in [-0.1, -0.05) is 18.2 Å². The van der Waals surface area contributed by atoms with Crippen molar-refractivity contribution in [3.05, 3.63) is 70.3 Å². The minimum atomic E-state index is -5.14. The molecule has 0 bridgehead atoms. The Morgan fingerprint density at radius 2 is 1.33 bits per heavy atom. The molecule has 0 spiro atoms. The molecule has 0 aliphatic heterocycles. The third kappa shape index (κ3) is 7.12. The van der Waals surface area contributed by atoms with E-state index in [2.05, 4.69) is 0 Å². The Labute approximate surface area is 180 Å². The lowest BCUT2D eigenvalue weighted by Crippen LogP contribution is -2.46. The summed E-state index contributed by atoms with van der Waals surface area (Å²) in [7, 11) is 0. The van der Waals surface area contributed by atoms with E-state index < -0.39 is 77.0 Å². The van der Waals surface area contributed by atoms with Crippen LogP contribution in [0.5, 0.6) is 0 Å². The lowest BCUT2D eigenvalue weighted by atomic mass is 9.98. The molecule has 4 nitrogen and oxygen atoms in total. The summed E-state index contributed by atoms with van der Waals surface area (Å²) in [6, 6.07) is 2.93. The van der Waals surface area contributed by atoms with Crippen molar-refractivity contribution in [1.82, 2.24) is 5.32 Å². The fourth-order valence-corrected chi connectivity index (χ4v) is 2.97. The van der Waals surface area contributed by atoms with Gasteiger partial charge >= 0.3 is 18.5 Å². The van der Waals surface area contributed by atoms with Gasteiger partial charge in [-0.15, -0.1) is 0 Å². The molecule has 0 aliphatic rings. The van der Waals surface area contributed by atoms with Gasteiger partial charge in [-0.3, -0.25) is 9.59 Å². The number of alkyl halides is 9. The Balaban J connectivity index is 2.28. The summed E-state index contributed by atoms with van der Waals surface area (Å²) in [6.45, 7) is 0. The van der Waals surface area contributed by atoms with Crippen LogP contribution in [0.15, 0.2) is 42.5 Å². The average Bonchev–Trinajstić information content (AvgIpc) is 2.65. The minimum absolute atomic E-state index is 0.123. The van der Waals surface area contributed by atoms with Gasteiger partial charge < -0.3 is 11.1 Å². The topological polar surface area (TPSA) is 72.2 Å². The summed E-state index contributed by atoms with van der Waals surface area (Å²) in [5.41, 5.74) is -0.347. The molecule has 0 fully saturated rings. The molecule has 0 saturated heterocycles. The molecule has 2 aromatic rings. The lowest BCUT2D eigenvalue weighted by molar-refractivity contribution is -0.143. The van der Waals surface area contributed by atoms with Gasteiger partial charge in [-0.05, 0) is 35.4 Å². The number of hydrogen-bond donors (Lipinski definition) is 2. The number of amides is 2. The number of rotatable bonds is 6. The molecule has 0 unspecified atom stereocenters. The maximum Gasteiger partial charge on any atom is 0.416 e. The van der Waals surface area contributed by atoms with Crippen molar-refractivity contribution in [3.63, 3.8) is 0 Å². The van der Waals surface area contributed by atoms with Crippen LogP contribution in [0, 0.1) is 0 Å². The molecule has 13 heteroatoms. The van der Waals surface area contributed by atoms with Gasteiger partial charge in [-0.2, -0.15) is 39.5 Å². The van der Waals surface area contributed by atoms with Crippen LogP contribution in [0.4, 0.5) is 39.5 Å². The van der Waals surface area contributed by atoms with Crippen LogP contribution in [-0.2, 0) is 41.0 Å². The standard InChI is InChI=1S/C20H15F9N2O2/c21-18(22,23)12-5-10(6-13(9-12)19(24,25)26)7-16(32)31-15(17(30)33)8-11-3-1-2-4-14(11)20(27,28)29/h1-6,9,15H,7-8H2,(H2,30,33)(H,31,32)/t15-/m1/s1. The molecule has 0 heterocycles. The number of carbonyl (C=O) groups is 2. The van der Waals surface area contributed by atoms with E-state index in [1.165, 1.54) is 6.07 Å². The zero-order chi connectivity index (χ0) is 25.2. The van der Waals surface area contributed by atoms with E-state index in [0.29, 0.717) is 12.1 Å². The molecule has 0 aromatic heterocycles. The number of halogens is 9. The summed E-state index contributed by atoms with van der Waals surface area (Å²) < 4.78 is 117. The fraction of sp³-hybridized carbons (Fsp3) is 0.300. The van der Waals surface area contributed by atoms with Gasteiger partial charge in [0, 0.05) is 6.42 Å². The lowest BCUT2D eigenvalue weighted by Gasteiger charge is -2.19. The second-order valence-corrected chi connectivity index (χ2v) is 6.97. The van der Waals surface area contributed by atoms with Crippen LogP contribution < -0.4 is 11.1 Å². The van der Waals surface area contributed by atoms with Gasteiger partial charge in [0.25, 0.3) is 0 Å². The molecule has 0 radical (unpaired) electrons. The van der Waals surface area contributed by atoms with E-state index in [-0.39, 0.29) is 6.07 Å². The normalized spacial score (nSPS) is 13.5. The van der Waals surface area contributed by atoms with E-state index in [1.807, 2.05) is 5.32 Å². The molecular formula is C20H15F9N2O2. The highest BCUT2D eigenvalue weighted by Gasteiger charge is 2.37. The maximum absolute atomic E-state index is 13.1. The van der Waals surface area contributed by atoms with Crippen molar-refractivity contribution in [2.24, 2.45) is 5.73 Å². The Morgan fingerprint density at radius 1 is 0.818 bits per heavy atom. The van der Waals surface area contributed by atoms with Gasteiger partial charge in [0.15, 0.2) is 0 Å². The number of primary amides is 1. The zero-order valence-corrected chi connectivity index (χ0v) is 16.3. The second kappa shape index (κ2) is 9.32. The highest BCUT2D eigenvalue weighted by atomic mass is 19.4. The van der Waals surface area contributed by atoms with E-state index in [4.69, 9.17) is 5.73 Å². The van der Waals surface area contributed by atoms with Crippen LogP contribution in [0.2, 0.25) is 0 Å². The predicted molar refractivity (Wildman–Crippen MR) is 96.4 cm³/mol. The summed E-state index contributed by atoms with van der Waals surface area (Å²) in [4.78, 5) is 23.9. The molecular weight excluding hydrogens is 471 g/mol. The highest BCUT2D eigenvalue weighted by Crippen LogP contribution is 2.36. The van der Waals surface area contributed by atoms with Crippen LogP contribution in [0.25, 0.3) is 0 Å². The summed E-state index contributed by atoms with van der Waals surface area (Å²) >= 11 is 0. The molecule has 3 N–H and O–H groups in total. The average molecular weight is 486 g/mol. The van der Waals surface area contributed by atoms with Crippen molar-refractivity contribution in [2.45, 2.75) is 37.4 Å². The van der Waals surface area contributed by atoms with E-state index >= 15 is 0 Å². The number of nitrogens with one attached hydrogen (secondary N) is 1. The number of benzene rings is 2. The van der Waals surface area contributed by atoms with Crippen LogP contribution >= 0.6 is 0 Å². The summed E-state index contributed by atoms with van der Waals surface area (Å²) in [5, 5.41) is 1.97. The first-order chi connectivity index (χ1) is 15.0. The molecule has 33 heavy (non-hydrogen) atoms. The third-order valence-corrected chi connectivity index (χ3v) is 4.44. The first-order valence-electron chi connectivity index (χ1n) is 9.00. The maximum atomic E-state index is 13.1. The van der Waals surface area contributed by atoms with Crippen molar-refractivity contribution >= 4 is 11.8 Å². The smallest absolute Gasteiger partial charge is 0.368 e. The Morgan fingerprint density at radius 3 is 1.79 bits per heavy atom. The molecule has 1 atom stereocenters. The van der Waals surface area contributed by atoms with Crippen LogP contribution in [0.1, 0.15) is 27.8 Å². The largest absolute Gasteiger partial charge is 0.416 e. The van der Waals surface area contributed by atoms with Crippen molar-refractivity contribution in [3.8, 4) is 0 Å². The highest BCUT2D eigenvalue weighted by molar-refractivity contribution is 5.87.